The van der Waals surface area contributed by atoms with Crippen LogP contribution in [0.5, 0.6) is 5.75 Å². The third kappa shape index (κ3) is 5.27. The number of nitrogens with zero attached hydrogens (tertiary/aromatic N) is 3. The van der Waals surface area contributed by atoms with Gasteiger partial charge in [0, 0.05) is 18.5 Å². The first kappa shape index (κ1) is 26.6. The molecule has 1 aliphatic rings. The molecular formula is C27H25F3N3O2S3+. The van der Waals surface area contributed by atoms with E-state index in [2.05, 4.69) is 34.8 Å². The number of hydrogen-bond acceptors (Lipinski definition) is 6. The number of rotatable bonds is 6. The average molecular weight is 577 g/mol. The van der Waals surface area contributed by atoms with E-state index in [1.54, 1.807) is 28.5 Å². The molecule has 198 valence electrons. The molecule has 2 aromatic carbocycles. The van der Waals surface area contributed by atoms with Crippen LogP contribution in [0, 0.1) is 0 Å². The number of ether oxygens (including phenoxy) is 1. The zero-order valence-electron chi connectivity index (χ0n) is 20.9. The van der Waals surface area contributed by atoms with Crippen LogP contribution in [0.15, 0.2) is 63.7 Å². The highest BCUT2D eigenvalue weighted by Crippen LogP contribution is 2.45. The van der Waals surface area contributed by atoms with Crippen LogP contribution >= 0.6 is 34.4 Å². The summed E-state index contributed by atoms with van der Waals surface area (Å²) in [5.74, 6) is -0.225. The van der Waals surface area contributed by atoms with Crippen molar-refractivity contribution in [1.29, 1.82) is 0 Å². The summed E-state index contributed by atoms with van der Waals surface area (Å²) in [6.45, 7) is 4.75. The van der Waals surface area contributed by atoms with E-state index in [1.807, 2.05) is 36.2 Å². The van der Waals surface area contributed by atoms with E-state index >= 15 is 0 Å². The standard InChI is InChI=1S/C27H25F3N3O2S3/c1-4-17-10-11-19-21(14-17)37-26(31(19)3)24-25(34)33(5-2)23(38-24)15-22-32(12-13-36-22)16-18-8-6-7-9-20(18)35-27(28,29)30/h6-15H,4-5,16H2,1-3H3/q+1/b26-24+. The van der Waals surface area contributed by atoms with Gasteiger partial charge in [-0.15, -0.1) is 24.5 Å². The lowest BCUT2D eigenvalue weighted by Crippen LogP contribution is -2.36. The van der Waals surface area contributed by atoms with Gasteiger partial charge in [-0.3, -0.25) is 9.36 Å². The molecule has 0 saturated heterocycles. The maximum atomic E-state index is 13.5. The minimum atomic E-state index is -4.77. The number of benzene rings is 2. The largest absolute Gasteiger partial charge is 0.573 e. The van der Waals surface area contributed by atoms with Gasteiger partial charge in [-0.2, -0.15) is 4.57 Å². The molecule has 11 heteroatoms. The topological polar surface area (TPSA) is 38.4 Å². The van der Waals surface area contributed by atoms with Crippen LogP contribution in [0.2, 0.25) is 0 Å². The van der Waals surface area contributed by atoms with Gasteiger partial charge in [0.1, 0.15) is 20.0 Å². The van der Waals surface area contributed by atoms with Gasteiger partial charge >= 0.3 is 6.36 Å². The fourth-order valence-electron chi connectivity index (χ4n) is 4.30. The monoisotopic (exact) mass is 576 g/mol. The van der Waals surface area contributed by atoms with Gasteiger partial charge in [-0.1, -0.05) is 48.2 Å². The summed E-state index contributed by atoms with van der Waals surface area (Å²) in [5, 5.41) is 3.59. The van der Waals surface area contributed by atoms with Gasteiger partial charge in [-0.05, 0) is 43.2 Å². The molecule has 0 fully saturated rings. The first-order valence-electron chi connectivity index (χ1n) is 12.0. The quantitative estimate of drug-likeness (QED) is 0.306. The zero-order chi connectivity index (χ0) is 27.0. The number of hydrogen-bond donors (Lipinski definition) is 0. The molecule has 1 aliphatic heterocycles. The number of aromatic nitrogens is 2. The summed E-state index contributed by atoms with van der Waals surface area (Å²) < 4.78 is 48.0. The van der Waals surface area contributed by atoms with Gasteiger partial charge in [0.05, 0.1) is 22.7 Å². The second-order valence-corrected chi connectivity index (χ2v) is 11.6. The van der Waals surface area contributed by atoms with Gasteiger partial charge in [0.15, 0.2) is 12.7 Å². The van der Waals surface area contributed by atoms with Crippen LogP contribution in [-0.4, -0.2) is 18.0 Å². The molecule has 5 nitrogen and oxygen atoms in total. The molecule has 0 bridgehead atoms. The zero-order valence-corrected chi connectivity index (χ0v) is 23.4. The second-order valence-electron chi connectivity index (χ2n) is 8.61. The Morgan fingerprint density at radius 1 is 1.13 bits per heavy atom. The van der Waals surface area contributed by atoms with Crippen LogP contribution in [0.1, 0.15) is 30.0 Å². The van der Waals surface area contributed by atoms with Gasteiger partial charge in [-0.25, -0.2) is 0 Å². The van der Waals surface area contributed by atoms with Crippen molar-refractivity contribution < 1.29 is 22.5 Å². The Labute approximate surface area is 229 Å². The molecule has 0 spiro atoms. The molecule has 2 aromatic heterocycles. The van der Waals surface area contributed by atoms with Crippen molar-refractivity contribution in [2.45, 2.75) is 44.6 Å². The van der Waals surface area contributed by atoms with Crippen LogP contribution < -0.4 is 29.0 Å². The molecule has 0 aliphatic carbocycles. The molecule has 5 rings (SSSR count). The number of halogens is 3. The summed E-state index contributed by atoms with van der Waals surface area (Å²) in [5.41, 5.74) is 2.70. The van der Waals surface area contributed by atoms with Gasteiger partial charge < -0.3 is 9.64 Å². The highest BCUT2D eigenvalue weighted by atomic mass is 32.2. The molecule has 0 atom stereocenters. The number of aryl methyl sites for hydroxylation is 1. The number of alkyl halides is 3. The van der Waals surface area contributed by atoms with Crippen molar-refractivity contribution >= 4 is 51.2 Å². The Hall–Kier alpha value is -3.02. The van der Waals surface area contributed by atoms with Crippen LogP contribution in [0.25, 0.3) is 11.1 Å². The first-order chi connectivity index (χ1) is 18.2. The van der Waals surface area contributed by atoms with Crippen molar-refractivity contribution in [3.63, 3.8) is 0 Å². The summed E-state index contributed by atoms with van der Waals surface area (Å²) in [4.78, 5) is 16.7. The van der Waals surface area contributed by atoms with E-state index in [9.17, 15) is 18.0 Å². The minimum Gasteiger partial charge on any atom is -0.405 e. The number of para-hydroxylation sites is 1. The van der Waals surface area contributed by atoms with E-state index in [-0.39, 0.29) is 17.9 Å². The maximum absolute atomic E-state index is 13.5. The van der Waals surface area contributed by atoms with Crippen molar-refractivity contribution in [2.75, 3.05) is 11.9 Å². The van der Waals surface area contributed by atoms with Crippen LogP contribution in [0.3, 0.4) is 0 Å². The lowest BCUT2D eigenvalue weighted by atomic mass is 10.1. The van der Waals surface area contributed by atoms with E-state index in [4.69, 9.17) is 0 Å². The predicted octanol–water partition coefficient (Wildman–Crippen LogP) is 4.92. The highest BCUT2D eigenvalue weighted by Gasteiger charge is 2.32. The maximum Gasteiger partial charge on any atom is 0.573 e. The summed E-state index contributed by atoms with van der Waals surface area (Å²) in [7, 11) is 1.98. The number of anilines is 1. The van der Waals surface area contributed by atoms with Crippen LogP contribution in [0.4, 0.5) is 18.9 Å². The van der Waals surface area contributed by atoms with Crippen LogP contribution in [-0.2, 0) is 19.5 Å². The third-order valence-electron chi connectivity index (χ3n) is 6.23. The lowest BCUT2D eigenvalue weighted by Gasteiger charge is -2.12. The Morgan fingerprint density at radius 3 is 2.66 bits per heavy atom. The fourth-order valence-corrected chi connectivity index (χ4v) is 7.68. The molecule has 0 amide bonds. The third-order valence-corrected chi connectivity index (χ3v) is 9.54. The Morgan fingerprint density at radius 2 is 1.92 bits per heavy atom. The molecule has 0 N–H and O–H groups in total. The predicted molar refractivity (Wildman–Crippen MR) is 147 cm³/mol. The number of thiazole rings is 2. The van der Waals surface area contributed by atoms with Crippen molar-refractivity contribution in [2.24, 2.45) is 0 Å². The van der Waals surface area contributed by atoms with E-state index in [0.29, 0.717) is 16.6 Å². The fraction of sp³-hybridized carbons (Fsp3) is 0.259. The molecule has 4 aromatic rings. The van der Waals surface area contributed by atoms with Gasteiger partial charge in [0.25, 0.3) is 10.6 Å². The average Bonchev–Trinajstić information content (AvgIpc) is 3.54. The van der Waals surface area contributed by atoms with E-state index < -0.39 is 6.36 Å². The summed E-state index contributed by atoms with van der Waals surface area (Å²) in [6.07, 6.45) is -0.0718. The molecular weight excluding hydrogens is 552 g/mol. The Kier molecular flexibility index (Phi) is 7.43. The van der Waals surface area contributed by atoms with Crippen molar-refractivity contribution in [3.8, 4) is 5.75 Å². The Bertz CT molecular complexity index is 1670. The summed E-state index contributed by atoms with van der Waals surface area (Å²) in [6, 6.07) is 12.5. The molecule has 0 saturated carbocycles. The summed E-state index contributed by atoms with van der Waals surface area (Å²) >= 11 is 4.50. The molecule has 0 unspecified atom stereocenters. The Balaban J connectivity index is 1.55. The molecule has 0 radical (unpaired) electrons. The number of fused-ring (bicyclic) bond motifs is 1. The second kappa shape index (κ2) is 10.6. The highest BCUT2D eigenvalue weighted by molar-refractivity contribution is 8.08. The molecule has 38 heavy (non-hydrogen) atoms. The van der Waals surface area contributed by atoms with E-state index in [0.717, 1.165) is 31.7 Å². The molecule has 3 heterocycles. The number of thioether (sulfide) groups is 1. The van der Waals surface area contributed by atoms with E-state index in [1.165, 1.54) is 40.4 Å². The van der Waals surface area contributed by atoms with Crippen molar-refractivity contribution in [1.82, 2.24) is 4.57 Å². The SMILES string of the molecule is CCc1ccc2c(c1)S/C(=c1/s/c(=C\c3scc[n+]3Cc3ccccc3OC(F)(F)F)n(CC)c1=O)N2C. The van der Waals surface area contributed by atoms with Gasteiger partial charge in [0.2, 0.25) is 0 Å². The lowest BCUT2D eigenvalue weighted by molar-refractivity contribution is -0.685. The van der Waals surface area contributed by atoms with Crippen molar-refractivity contribution in [3.05, 3.63) is 89.7 Å². The smallest absolute Gasteiger partial charge is 0.405 e. The first-order valence-corrected chi connectivity index (χ1v) is 14.5. The normalized spacial score (nSPS) is 15.3. The minimum absolute atomic E-state index is 0.0475.